The molecule has 0 bridgehead atoms. The van der Waals surface area contributed by atoms with Gasteiger partial charge in [-0.2, -0.15) is 4.31 Å². The second-order valence-corrected chi connectivity index (χ2v) is 10.4. The van der Waals surface area contributed by atoms with Gasteiger partial charge in [0.2, 0.25) is 15.9 Å². The molecule has 8 nitrogen and oxygen atoms in total. The summed E-state index contributed by atoms with van der Waals surface area (Å²) < 4.78 is 38.6. The van der Waals surface area contributed by atoms with Crippen molar-refractivity contribution in [1.82, 2.24) is 14.8 Å². The Morgan fingerprint density at radius 1 is 1.18 bits per heavy atom. The summed E-state index contributed by atoms with van der Waals surface area (Å²) >= 11 is 0. The van der Waals surface area contributed by atoms with Crippen LogP contribution in [0.25, 0.3) is 12.2 Å². The van der Waals surface area contributed by atoms with Gasteiger partial charge in [-0.3, -0.25) is 4.79 Å². The molecule has 0 radical (unpaired) electrons. The first kappa shape index (κ1) is 25.1. The van der Waals surface area contributed by atoms with Crippen molar-refractivity contribution in [3.05, 3.63) is 45.8 Å². The first-order valence-corrected chi connectivity index (χ1v) is 12.6. The van der Waals surface area contributed by atoms with Gasteiger partial charge in [0.25, 0.3) is 0 Å². The lowest BCUT2D eigenvalue weighted by Gasteiger charge is -2.30. The molecule has 0 unspecified atom stereocenters. The lowest BCUT2D eigenvalue weighted by atomic mass is 9.97. The van der Waals surface area contributed by atoms with E-state index >= 15 is 0 Å². The molecule has 1 N–H and O–H groups in total. The fraction of sp³-hybridized carbons (Fsp3) is 0.500. The molecular formula is C24H33N3O5S. The number of amides is 1. The summed E-state index contributed by atoms with van der Waals surface area (Å²) in [6, 6.07) is 4.18. The second kappa shape index (κ2) is 10.6. The fourth-order valence-corrected chi connectivity index (χ4v) is 6.04. The van der Waals surface area contributed by atoms with E-state index in [1.54, 1.807) is 20.1 Å². The van der Waals surface area contributed by atoms with Crippen molar-refractivity contribution < 1.29 is 22.5 Å². The number of piperidine rings is 1. The first-order valence-electron chi connectivity index (χ1n) is 11.1. The van der Waals surface area contributed by atoms with Crippen LogP contribution in [-0.2, 0) is 19.6 Å². The molecule has 180 valence electrons. The molecule has 3 rings (SSSR count). The minimum Gasteiger partial charge on any atom is -0.383 e. The molecule has 33 heavy (non-hydrogen) atoms. The van der Waals surface area contributed by atoms with Crippen LogP contribution >= 0.6 is 0 Å². The molecular weight excluding hydrogens is 442 g/mol. The number of aromatic nitrogens is 1. The zero-order chi connectivity index (χ0) is 24.2. The monoisotopic (exact) mass is 475 g/mol. The van der Waals surface area contributed by atoms with E-state index in [-0.39, 0.29) is 35.6 Å². The SMILES string of the molecule is COCCNC(=O)C1CCN(S(=O)(=O)c2c(C)noc2/C=C/c2c(C)cc(C)cc2C)CC1. The Balaban J connectivity index is 1.77. The number of hydrogen-bond acceptors (Lipinski definition) is 6. The summed E-state index contributed by atoms with van der Waals surface area (Å²) in [6.07, 6.45) is 4.48. The van der Waals surface area contributed by atoms with Crippen molar-refractivity contribution in [2.45, 2.75) is 45.4 Å². The number of rotatable bonds is 8. The van der Waals surface area contributed by atoms with Gasteiger partial charge in [0.15, 0.2) is 10.7 Å². The van der Waals surface area contributed by atoms with Gasteiger partial charge in [0.1, 0.15) is 5.69 Å². The second-order valence-electron chi connectivity index (χ2n) is 8.57. The highest BCUT2D eigenvalue weighted by molar-refractivity contribution is 7.89. The molecule has 1 amide bonds. The lowest BCUT2D eigenvalue weighted by molar-refractivity contribution is -0.126. The van der Waals surface area contributed by atoms with Gasteiger partial charge in [-0.05, 0) is 63.3 Å². The van der Waals surface area contributed by atoms with Crippen LogP contribution in [0.4, 0.5) is 0 Å². The third-order valence-corrected chi connectivity index (χ3v) is 8.06. The fourth-order valence-electron chi connectivity index (χ4n) is 4.32. The summed E-state index contributed by atoms with van der Waals surface area (Å²) in [5.41, 5.74) is 4.74. The van der Waals surface area contributed by atoms with E-state index in [1.165, 1.54) is 9.87 Å². The van der Waals surface area contributed by atoms with Gasteiger partial charge in [-0.25, -0.2) is 8.42 Å². The van der Waals surface area contributed by atoms with E-state index in [1.807, 2.05) is 26.8 Å². The standard InChI is InChI=1S/C24H33N3O5S/c1-16-14-17(2)21(18(3)15-16)6-7-22-23(19(4)26-32-22)33(29,30)27-11-8-20(9-12-27)24(28)25-10-13-31-5/h6-7,14-15,20H,8-13H2,1-5H3,(H,25,28)/b7-6+. The van der Waals surface area contributed by atoms with Gasteiger partial charge < -0.3 is 14.6 Å². The Kier molecular flexibility index (Phi) is 8.10. The van der Waals surface area contributed by atoms with Crippen molar-refractivity contribution in [3.63, 3.8) is 0 Å². The van der Waals surface area contributed by atoms with Gasteiger partial charge in [-0.15, -0.1) is 0 Å². The number of methoxy groups -OCH3 is 1. The van der Waals surface area contributed by atoms with Crippen molar-refractivity contribution in [3.8, 4) is 0 Å². The highest BCUT2D eigenvalue weighted by atomic mass is 32.2. The van der Waals surface area contributed by atoms with Gasteiger partial charge in [0.05, 0.1) is 6.61 Å². The molecule has 2 aromatic rings. The molecule has 2 heterocycles. The molecule has 1 fully saturated rings. The van der Waals surface area contributed by atoms with Crippen LogP contribution in [0.1, 0.15) is 46.5 Å². The van der Waals surface area contributed by atoms with Crippen LogP contribution < -0.4 is 5.32 Å². The normalized spacial score (nSPS) is 15.9. The minimum atomic E-state index is -3.81. The number of carbonyl (C=O) groups excluding carboxylic acids is 1. The quantitative estimate of drug-likeness (QED) is 0.588. The number of ether oxygens (including phenoxy) is 1. The number of nitrogens with zero attached hydrogens (tertiary/aromatic N) is 2. The molecule has 0 saturated carbocycles. The van der Waals surface area contributed by atoms with Crippen LogP contribution in [0, 0.1) is 33.6 Å². The van der Waals surface area contributed by atoms with Crippen molar-refractivity contribution >= 4 is 28.1 Å². The Morgan fingerprint density at radius 3 is 2.42 bits per heavy atom. The predicted molar refractivity (Wildman–Crippen MR) is 127 cm³/mol. The Labute approximate surface area is 196 Å². The maximum atomic E-state index is 13.4. The van der Waals surface area contributed by atoms with Gasteiger partial charge in [0, 0.05) is 32.7 Å². The number of hydrogen-bond donors (Lipinski definition) is 1. The zero-order valence-electron chi connectivity index (χ0n) is 20.0. The molecule has 1 aliphatic heterocycles. The van der Waals surface area contributed by atoms with Crippen LogP contribution in [0.5, 0.6) is 0 Å². The Morgan fingerprint density at radius 2 is 1.82 bits per heavy atom. The summed E-state index contributed by atoms with van der Waals surface area (Å²) in [5.74, 6) is -0.0484. The molecule has 1 aliphatic rings. The van der Waals surface area contributed by atoms with Gasteiger partial charge in [-0.1, -0.05) is 28.9 Å². The summed E-state index contributed by atoms with van der Waals surface area (Å²) in [4.78, 5) is 12.4. The highest BCUT2D eigenvalue weighted by Crippen LogP contribution is 2.30. The maximum absolute atomic E-state index is 13.4. The average Bonchev–Trinajstić information content (AvgIpc) is 3.14. The Hall–Kier alpha value is -2.49. The summed E-state index contributed by atoms with van der Waals surface area (Å²) in [6.45, 7) is 9.17. The topological polar surface area (TPSA) is 102 Å². The minimum absolute atomic E-state index is 0.0577. The Bertz CT molecular complexity index is 1110. The van der Waals surface area contributed by atoms with Crippen molar-refractivity contribution in [2.24, 2.45) is 5.92 Å². The summed E-state index contributed by atoms with van der Waals surface area (Å²) in [5, 5.41) is 6.76. The molecule has 0 atom stereocenters. The van der Waals surface area contributed by atoms with Crippen LogP contribution in [-0.4, -0.2) is 57.1 Å². The average molecular weight is 476 g/mol. The highest BCUT2D eigenvalue weighted by Gasteiger charge is 2.35. The van der Waals surface area contributed by atoms with Crippen molar-refractivity contribution in [1.29, 1.82) is 0 Å². The van der Waals surface area contributed by atoms with E-state index in [2.05, 4.69) is 22.6 Å². The van der Waals surface area contributed by atoms with E-state index in [9.17, 15) is 13.2 Å². The van der Waals surface area contributed by atoms with Crippen LogP contribution in [0.15, 0.2) is 21.6 Å². The van der Waals surface area contributed by atoms with Crippen molar-refractivity contribution in [2.75, 3.05) is 33.4 Å². The van der Waals surface area contributed by atoms with E-state index in [4.69, 9.17) is 9.26 Å². The van der Waals surface area contributed by atoms with E-state index < -0.39 is 10.0 Å². The molecule has 0 aliphatic carbocycles. The number of nitrogens with one attached hydrogen (secondary N) is 1. The molecule has 1 aromatic heterocycles. The van der Waals surface area contributed by atoms with E-state index in [0.717, 1.165) is 16.7 Å². The van der Waals surface area contributed by atoms with Crippen LogP contribution in [0.3, 0.4) is 0 Å². The van der Waals surface area contributed by atoms with Gasteiger partial charge >= 0.3 is 0 Å². The van der Waals surface area contributed by atoms with Crippen LogP contribution in [0.2, 0.25) is 0 Å². The lowest BCUT2D eigenvalue weighted by Crippen LogP contribution is -2.43. The number of aryl methyl sites for hydroxylation is 4. The number of carbonyl (C=O) groups is 1. The maximum Gasteiger partial charge on any atom is 0.248 e. The summed E-state index contributed by atoms with van der Waals surface area (Å²) in [7, 11) is -2.23. The molecule has 1 aromatic carbocycles. The zero-order valence-corrected chi connectivity index (χ0v) is 20.8. The third-order valence-electron chi connectivity index (χ3n) is 6.00. The number of sulfonamides is 1. The smallest absolute Gasteiger partial charge is 0.248 e. The van der Waals surface area contributed by atoms with E-state index in [0.29, 0.717) is 31.7 Å². The number of benzene rings is 1. The molecule has 9 heteroatoms. The predicted octanol–water partition coefficient (Wildman–Crippen LogP) is 3.24. The largest absolute Gasteiger partial charge is 0.383 e. The third kappa shape index (κ3) is 5.72. The molecule has 0 spiro atoms. The molecule has 1 saturated heterocycles. The first-order chi connectivity index (χ1) is 15.6.